The van der Waals surface area contributed by atoms with Crippen LogP contribution in [0.1, 0.15) is 40.0 Å². The van der Waals surface area contributed by atoms with Crippen molar-refractivity contribution in [3.63, 3.8) is 0 Å². The van der Waals surface area contributed by atoms with Gasteiger partial charge in [0.25, 0.3) is 5.91 Å². The molecule has 26 heavy (non-hydrogen) atoms. The Bertz CT molecular complexity index is 821. The molecule has 0 fully saturated rings. The summed E-state index contributed by atoms with van der Waals surface area (Å²) in [6, 6.07) is 11.1. The molecule has 2 amide bonds. The van der Waals surface area contributed by atoms with Crippen molar-refractivity contribution >= 4 is 29.1 Å². The molecule has 138 valence electrons. The number of benzene rings is 2. The minimum Gasteiger partial charge on any atom is -0.376 e. The van der Waals surface area contributed by atoms with Gasteiger partial charge < -0.3 is 16.0 Å². The maximum absolute atomic E-state index is 12.2. The summed E-state index contributed by atoms with van der Waals surface area (Å²) in [5.74, 6) is -0.372. The van der Waals surface area contributed by atoms with Gasteiger partial charge in [-0.2, -0.15) is 0 Å². The fourth-order valence-electron chi connectivity index (χ4n) is 2.54. The highest BCUT2D eigenvalue weighted by Crippen LogP contribution is 2.21. The van der Waals surface area contributed by atoms with Crippen LogP contribution < -0.4 is 16.0 Å². The number of carbonyl (C=O) groups excluding carboxylic acids is 2. The van der Waals surface area contributed by atoms with Crippen molar-refractivity contribution in [2.75, 3.05) is 18.9 Å². The van der Waals surface area contributed by atoms with E-state index in [9.17, 15) is 9.59 Å². The van der Waals surface area contributed by atoms with Crippen LogP contribution in [0.5, 0.6) is 0 Å². The summed E-state index contributed by atoms with van der Waals surface area (Å²) in [7, 11) is 1.55. The molecular weight excluding hydrogens is 350 g/mol. The van der Waals surface area contributed by atoms with Gasteiger partial charge >= 0.3 is 0 Å². The molecule has 0 heterocycles. The lowest BCUT2D eigenvalue weighted by Gasteiger charge is -2.16. The molecule has 2 aromatic carbocycles. The van der Waals surface area contributed by atoms with Crippen LogP contribution in [0.2, 0.25) is 5.02 Å². The lowest BCUT2D eigenvalue weighted by Crippen LogP contribution is -2.32. The largest absolute Gasteiger partial charge is 0.376 e. The second-order valence-corrected chi connectivity index (χ2v) is 6.67. The van der Waals surface area contributed by atoms with Crippen molar-refractivity contribution in [3.8, 4) is 0 Å². The average molecular weight is 374 g/mol. The van der Waals surface area contributed by atoms with Crippen LogP contribution in [0.3, 0.4) is 0 Å². The molecule has 1 unspecified atom stereocenters. The molecule has 5 nitrogen and oxygen atoms in total. The zero-order chi connectivity index (χ0) is 19.3. The summed E-state index contributed by atoms with van der Waals surface area (Å²) in [6.07, 6.45) is 0. The normalized spacial score (nSPS) is 11.6. The minimum absolute atomic E-state index is 0.0807. The van der Waals surface area contributed by atoms with E-state index in [-0.39, 0.29) is 24.4 Å². The molecule has 0 spiro atoms. The van der Waals surface area contributed by atoms with Crippen LogP contribution >= 0.6 is 11.6 Å². The van der Waals surface area contributed by atoms with Crippen LogP contribution in [-0.4, -0.2) is 25.4 Å². The first-order valence-corrected chi connectivity index (χ1v) is 8.81. The molecule has 6 heteroatoms. The molecule has 0 aliphatic rings. The molecule has 0 aromatic heterocycles. The Balaban J connectivity index is 1.93. The zero-order valence-corrected chi connectivity index (χ0v) is 16.2. The number of anilines is 1. The predicted molar refractivity (Wildman–Crippen MR) is 106 cm³/mol. The summed E-state index contributed by atoms with van der Waals surface area (Å²) < 4.78 is 0. The summed E-state index contributed by atoms with van der Waals surface area (Å²) in [4.78, 5) is 23.8. The quantitative estimate of drug-likeness (QED) is 0.724. The van der Waals surface area contributed by atoms with Gasteiger partial charge in [0, 0.05) is 12.7 Å². The number of aryl methyl sites for hydroxylation is 2. The van der Waals surface area contributed by atoms with Crippen LogP contribution in [-0.2, 0) is 4.79 Å². The van der Waals surface area contributed by atoms with Crippen molar-refractivity contribution in [3.05, 3.63) is 63.7 Å². The lowest BCUT2D eigenvalue weighted by molar-refractivity contribution is -0.120. The summed E-state index contributed by atoms with van der Waals surface area (Å²) >= 11 is 6.11. The Hall–Kier alpha value is -2.53. The van der Waals surface area contributed by atoms with Crippen molar-refractivity contribution in [2.45, 2.75) is 26.8 Å². The highest BCUT2D eigenvalue weighted by Gasteiger charge is 2.12. The van der Waals surface area contributed by atoms with Crippen molar-refractivity contribution in [1.82, 2.24) is 10.6 Å². The SMILES string of the molecule is CNC(=O)c1ccc(NCC(=O)NC(C)c2ccc(C)c(C)c2)cc1Cl. The zero-order valence-electron chi connectivity index (χ0n) is 15.4. The summed E-state index contributed by atoms with van der Waals surface area (Å²) in [5, 5.41) is 8.85. The minimum atomic E-state index is -0.249. The van der Waals surface area contributed by atoms with Gasteiger partial charge in [-0.3, -0.25) is 9.59 Å². The molecule has 0 saturated heterocycles. The first kappa shape index (κ1) is 19.8. The van der Waals surface area contributed by atoms with Gasteiger partial charge in [-0.25, -0.2) is 0 Å². The Morgan fingerprint density at radius 1 is 1.08 bits per heavy atom. The van der Waals surface area contributed by atoms with E-state index >= 15 is 0 Å². The fraction of sp³-hybridized carbons (Fsp3) is 0.300. The highest BCUT2D eigenvalue weighted by molar-refractivity contribution is 6.34. The second kappa shape index (κ2) is 8.72. The topological polar surface area (TPSA) is 70.2 Å². The highest BCUT2D eigenvalue weighted by atomic mass is 35.5. The Kier molecular flexibility index (Phi) is 6.64. The maximum atomic E-state index is 12.2. The van der Waals surface area contributed by atoms with E-state index in [1.165, 1.54) is 11.1 Å². The van der Waals surface area contributed by atoms with Crippen molar-refractivity contribution < 1.29 is 9.59 Å². The standard InChI is InChI=1S/C20H24ClN3O2/c1-12-5-6-15(9-13(12)2)14(3)24-19(25)11-23-16-7-8-17(18(21)10-16)20(26)22-4/h5-10,14,23H,11H2,1-4H3,(H,22,26)(H,24,25). The number of hydrogen-bond donors (Lipinski definition) is 3. The third-order valence-corrected chi connectivity index (χ3v) is 4.62. The molecule has 0 bridgehead atoms. The van der Waals surface area contributed by atoms with E-state index in [0.717, 1.165) is 5.56 Å². The fourth-order valence-corrected chi connectivity index (χ4v) is 2.80. The van der Waals surface area contributed by atoms with Gasteiger partial charge in [0.2, 0.25) is 5.91 Å². The third kappa shape index (κ3) is 4.99. The van der Waals surface area contributed by atoms with E-state index < -0.39 is 0 Å². The molecule has 2 aromatic rings. The average Bonchev–Trinajstić information content (AvgIpc) is 2.61. The Morgan fingerprint density at radius 3 is 2.42 bits per heavy atom. The molecular formula is C20H24ClN3O2. The number of rotatable bonds is 6. The Labute approximate surface area is 159 Å². The van der Waals surface area contributed by atoms with E-state index in [0.29, 0.717) is 16.3 Å². The molecule has 1 atom stereocenters. The number of hydrogen-bond acceptors (Lipinski definition) is 3. The number of carbonyl (C=O) groups is 2. The monoisotopic (exact) mass is 373 g/mol. The van der Waals surface area contributed by atoms with Gasteiger partial charge in [0.1, 0.15) is 0 Å². The van der Waals surface area contributed by atoms with Crippen LogP contribution in [0, 0.1) is 13.8 Å². The molecule has 3 N–H and O–H groups in total. The number of halogens is 1. The van der Waals surface area contributed by atoms with E-state index in [2.05, 4.69) is 41.9 Å². The van der Waals surface area contributed by atoms with Gasteiger partial charge in [-0.15, -0.1) is 0 Å². The van der Waals surface area contributed by atoms with Crippen LogP contribution in [0.25, 0.3) is 0 Å². The van der Waals surface area contributed by atoms with Gasteiger partial charge in [0.05, 0.1) is 23.2 Å². The Morgan fingerprint density at radius 2 is 1.81 bits per heavy atom. The molecule has 0 saturated carbocycles. The molecule has 0 aliphatic heterocycles. The predicted octanol–water partition coefficient (Wildman–Crippen LogP) is 3.61. The second-order valence-electron chi connectivity index (χ2n) is 6.26. The first-order chi connectivity index (χ1) is 12.3. The van der Waals surface area contributed by atoms with Gasteiger partial charge in [-0.1, -0.05) is 29.8 Å². The number of nitrogens with one attached hydrogen (secondary N) is 3. The van der Waals surface area contributed by atoms with E-state index in [4.69, 9.17) is 11.6 Å². The maximum Gasteiger partial charge on any atom is 0.252 e. The van der Waals surface area contributed by atoms with Crippen LogP contribution in [0.15, 0.2) is 36.4 Å². The van der Waals surface area contributed by atoms with Crippen molar-refractivity contribution in [1.29, 1.82) is 0 Å². The molecule has 0 aliphatic carbocycles. The third-order valence-electron chi connectivity index (χ3n) is 4.30. The van der Waals surface area contributed by atoms with Crippen molar-refractivity contribution in [2.24, 2.45) is 0 Å². The van der Waals surface area contributed by atoms with Gasteiger partial charge in [-0.05, 0) is 55.7 Å². The molecule has 0 radical (unpaired) electrons. The van der Waals surface area contributed by atoms with E-state index in [1.807, 2.05) is 13.0 Å². The number of amides is 2. The van der Waals surface area contributed by atoms with Gasteiger partial charge in [0.15, 0.2) is 0 Å². The smallest absolute Gasteiger partial charge is 0.252 e. The van der Waals surface area contributed by atoms with Crippen LogP contribution in [0.4, 0.5) is 5.69 Å². The summed E-state index contributed by atoms with van der Waals surface area (Å²) in [5.41, 5.74) is 4.57. The van der Waals surface area contributed by atoms with E-state index in [1.54, 1.807) is 25.2 Å². The molecule has 2 rings (SSSR count). The lowest BCUT2D eigenvalue weighted by atomic mass is 10.0. The first-order valence-electron chi connectivity index (χ1n) is 8.44. The summed E-state index contributed by atoms with van der Waals surface area (Å²) in [6.45, 7) is 6.19.